The van der Waals surface area contributed by atoms with Crippen molar-refractivity contribution >= 4 is 34.2 Å². The van der Waals surface area contributed by atoms with E-state index >= 15 is 0 Å². The monoisotopic (exact) mass is 359 g/mol. The van der Waals surface area contributed by atoms with E-state index < -0.39 is 0 Å². The highest BCUT2D eigenvalue weighted by atomic mass is 127. The second kappa shape index (κ2) is 5.05. The number of ether oxygens (including phenoxy) is 2. The topological polar surface area (TPSA) is 47.6 Å². The Hall–Kier alpha value is -0.820. The van der Waals surface area contributed by atoms with Crippen molar-refractivity contribution in [3.05, 3.63) is 27.8 Å². The Balaban J connectivity index is 1.75. The minimum atomic E-state index is -0.354. The molecule has 2 heterocycles. The second-order valence-corrected chi connectivity index (χ2v) is 5.86. The van der Waals surface area contributed by atoms with Gasteiger partial charge in [0.15, 0.2) is 0 Å². The van der Waals surface area contributed by atoms with Crippen molar-refractivity contribution in [2.45, 2.75) is 25.2 Å². The van der Waals surface area contributed by atoms with E-state index in [1.165, 1.54) is 3.57 Å². The zero-order chi connectivity index (χ0) is 12.5. The van der Waals surface area contributed by atoms with Crippen LogP contribution in [-0.2, 0) is 14.3 Å². The third-order valence-corrected chi connectivity index (χ3v) is 4.11. The van der Waals surface area contributed by atoms with Crippen molar-refractivity contribution in [1.29, 1.82) is 0 Å². The lowest BCUT2D eigenvalue weighted by atomic mass is 9.94. The lowest BCUT2D eigenvalue weighted by molar-refractivity contribution is -0.174. The molecule has 1 N–H and O–H groups in total. The van der Waals surface area contributed by atoms with Gasteiger partial charge < -0.3 is 14.8 Å². The Bertz CT molecular complexity index is 448. The molecule has 0 unspecified atom stereocenters. The van der Waals surface area contributed by atoms with E-state index in [4.69, 9.17) is 9.47 Å². The molecule has 0 aromatic heterocycles. The first-order chi connectivity index (χ1) is 8.74. The molecule has 3 rings (SSSR count). The maximum atomic E-state index is 11.8. The van der Waals surface area contributed by atoms with Crippen LogP contribution in [0.15, 0.2) is 24.3 Å². The van der Waals surface area contributed by atoms with Crippen molar-refractivity contribution in [2.24, 2.45) is 5.92 Å². The van der Waals surface area contributed by atoms with Crippen LogP contribution in [-0.4, -0.2) is 24.9 Å². The van der Waals surface area contributed by atoms with Gasteiger partial charge >= 0.3 is 5.97 Å². The summed E-state index contributed by atoms with van der Waals surface area (Å²) in [5.41, 5.74) is 0.948. The molecule has 2 fully saturated rings. The zero-order valence-electron chi connectivity index (χ0n) is 9.77. The van der Waals surface area contributed by atoms with Crippen molar-refractivity contribution < 1.29 is 14.3 Å². The minimum absolute atomic E-state index is 0.130. The van der Waals surface area contributed by atoms with Crippen LogP contribution in [0.2, 0.25) is 0 Å². The van der Waals surface area contributed by atoms with Crippen LogP contribution in [0.5, 0.6) is 0 Å². The maximum Gasteiger partial charge on any atom is 0.331 e. The van der Waals surface area contributed by atoms with Crippen LogP contribution < -0.4 is 5.32 Å². The van der Waals surface area contributed by atoms with Crippen LogP contribution >= 0.6 is 22.6 Å². The second-order valence-electron chi connectivity index (χ2n) is 4.61. The molecule has 0 radical (unpaired) electrons. The van der Waals surface area contributed by atoms with Gasteiger partial charge in [-0.15, -0.1) is 0 Å². The smallest absolute Gasteiger partial charge is 0.331 e. The molecule has 3 atom stereocenters. The predicted octanol–water partition coefficient (Wildman–Crippen LogP) is 2.38. The first kappa shape index (κ1) is 12.2. The van der Waals surface area contributed by atoms with Gasteiger partial charge in [-0.05, 0) is 59.7 Å². The largest absolute Gasteiger partial charge is 0.434 e. The van der Waals surface area contributed by atoms with Crippen molar-refractivity contribution in [1.82, 2.24) is 0 Å². The fraction of sp³-hybridized carbons (Fsp3) is 0.462. The Morgan fingerprint density at radius 3 is 2.83 bits per heavy atom. The normalized spacial score (nSPS) is 30.7. The highest BCUT2D eigenvalue weighted by Crippen LogP contribution is 2.33. The van der Waals surface area contributed by atoms with Crippen LogP contribution in [0.1, 0.15) is 12.8 Å². The first-order valence-electron chi connectivity index (χ1n) is 6.08. The molecule has 0 amide bonds. The molecule has 2 aliphatic rings. The average Bonchev–Trinajstić information content (AvgIpc) is 2.69. The molecule has 0 bridgehead atoms. The Kier molecular flexibility index (Phi) is 3.43. The third-order valence-electron chi connectivity index (χ3n) is 3.39. The number of carbonyl (C=O) groups excluding carboxylic acids is 1. The summed E-state index contributed by atoms with van der Waals surface area (Å²) in [6.45, 7) is 0.685. The molecule has 5 heteroatoms. The molecule has 2 aliphatic heterocycles. The number of nitrogens with one attached hydrogen (secondary N) is 1. The summed E-state index contributed by atoms with van der Waals surface area (Å²) < 4.78 is 11.9. The Labute approximate surface area is 119 Å². The fourth-order valence-electron chi connectivity index (χ4n) is 2.48. The number of rotatable bonds is 2. The molecular formula is C13H14INO3. The molecule has 96 valence electrons. The summed E-state index contributed by atoms with van der Waals surface area (Å²) in [5.74, 6) is -0.0732. The van der Waals surface area contributed by atoms with Gasteiger partial charge in [0.1, 0.15) is 6.04 Å². The quantitative estimate of drug-likeness (QED) is 0.651. The van der Waals surface area contributed by atoms with Gasteiger partial charge in [-0.1, -0.05) is 0 Å². The van der Waals surface area contributed by atoms with E-state index in [-0.39, 0.29) is 24.2 Å². The van der Waals surface area contributed by atoms with E-state index in [9.17, 15) is 4.79 Å². The SMILES string of the molecule is O=C1O[C@@H]2OCCC[C@@H]2[C@@H]1Nc1ccc(I)cc1. The molecule has 0 aliphatic carbocycles. The summed E-state index contributed by atoms with van der Waals surface area (Å²) in [6.07, 6.45) is 1.61. The van der Waals surface area contributed by atoms with Gasteiger partial charge in [0.25, 0.3) is 0 Å². The van der Waals surface area contributed by atoms with E-state index in [0.717, 1.165) is 18.5 Å². The molecule has 1 aromatic rings. The number of carbonyl (C=O) groups is 1. The Morgan fingerprint density at radius 1 is 1.28 bits per heavy atom. The van der Waals surface area contributed by atoms with Crippen molar-refractivity contribution in [3.8, 4) is 0 Å². The van der Waals surface area contributed by atoms with Crippen LogP contribution in [0.3, 0.4) is 0 Å². The molecule has 0 saturated carbocycles. The van der Waals surface area contributed by atoms with Gasteiger partial charge in [-0.25, -0.2) is 4.79 Å². The summed E-state index contributed by atoms with van der Waals surface area (Å²) >= 11 is 2.26. The lowest BCUT2D eigenvalue weighted by Crippen LogP contribution is -2.36. The summed E-state index contributed by atoms with van der Waals surface area (Å²) in [5, 5.41) is 3.26. The van der Waals surface area contributed by atoms with Crippen LogP contribution in [0.4, 0.5) is 5.69 Å². The number of benzene rings is 1. The van der Waals surface area contributed by atoms with Gasteiger partial charge in [-0.3, -0.25) is 0 Å². The average molecular weight is 359 g/mol. The Morgan fingerprint density at radius 2 is 2.06 bits per heavy atom. The van der Waals surface area contributed by atoms with E-state index in [1.807, 2.05) is 24.3 Å². The molecule has 1 aromatic carbocycles. The summed E-state index contributed by atoms with van der Waals surface area (Å²) in [4.78, 5) is 11.8. The first-order valence-corrected chi connectivity index (χ1v) is 7.16. The summed E-state index contributed by atoms with van der Waals surface area (Å²) in [6, 6.07) is 7.70. The molecular weight excluding hydrogens is 345 g/mol. The molecule has 4 nitrogen and oxygen atoms in total. The molecule has 2 saturated heterocycles. The number of hydrogen-bond acceptors (Lipinski definition) is 4. The third kappa shape index (κ3) is 2.33. The van der Waals surface area contributed by atoms with Crippen molar-refractivity contribution in [2.75, 3.05) is 11.9 Å². The van der Waals surface area contributed by atoms with Crippen LogP contribution in [0.25, 0.3) is 0 Å². The lowest BCUT2D eigenvalue weighted by Gasteiger charge is -2.26. The van der Waals surface area contributed by atoms with Gasteiger partial charge in [0.05, 0.1) is 12.5 Å². The fourth-order valence-corrected chi connectivity index (χ4v) is 2.84. The standard InChI is InChI=1S/C13H14INO3/c14-8-3-5-9(6-4-8)15-11-10-2-1-7-17-13(10)18-12(11)16/h3-6,10-11,13,15H,1-2,7H2/t10-,11+,13+/m1/s1. The predicted molar refractivity (Wildman–Crippen MR) is 75.1 cm³/mol. The number of halogens is 1. The molecule has 0 spiro atoms. The van der Waals surface area contributed by atoms with Gasteiger partial charge in [0.2, 0.25) is 6.29 Å². The number of esters is 1. The zero-order valence-corrected chi connectivity index (χ0v) is 11.9. The van der Waals surface area contributed by atoms with E-state index in [2.05, 4.69) is 27.9 Å². The number of fused-ring (bicyclic) bond motifs is 1. The summed E-state index contributed by atoms with van der Waals surface area (Å²) in [7, 11) is 0. The maximum absolute atomic E-state index is 11.8. The highest BCUT2D eigenvalue weighted by molar-refractivity contribution is 14.1. The van der Waals surface area contributed by atoms with E-state index in [1.54, 1.807) is 0 Å². The number of anilines is 1. The highest BCUT2D eigenvalue weighted by Gasteiger charge is 2.46. The van der Waals surface area contributed by atoms with Gasteiger partial charge in [-0.2, -0.15) is 0 Å². The van der Waals surface area contributed by atoms with Crippen molar-refractivity contribution in [3.63, 3.8) is 0 Å². The van der Waals surface area contributed by atoms with Gasteiger partial charge in [0, 0.05) is 9.26 Å². The number of hydrogen-bond donors (Lipinski definition) is 1. The van der Waals surface area contributed by atoms with E-state index in [0.29, 0.717) is 6.61 Å². The minimum Gasteiger partial charge on any atom is -0.434 e. The van der Waals surface area contributed by atoms with Crippen LogP contribution in [0, 0.1) is 9.49 Å². The molecule has 18 heavy (non-hydrogen) atoms.